The van der Waals surface area contributed by atoms with Crippen molar-refractivity contribution in [2.75, 3.05) is 6.26 Å². The minimum absolute atomic E-state index is 0.235. The van der Waals surface area contributed by atoms with Crippen molar-refractivity contribution in [1.29, 1.82) is 0 Å². The molecule has 2 aromatic rings. The van der Waals surface area contributed by atoms with Gasteiger partial charge >= 0.3 is 0 Å². The third kappa shape index (κ3) is 2.85. The molecule has 1 N–H and O–H groups in total. The molecule has 4 rings (SSSR count). The van der Waals surface area contributed by atoms with Gasteiger partial charge in [-0.2, -0.15) is 0 Å². The van der Waals surface area contributed by atoms with Gasteiger partial charge in [0.15, 0.2) is 11.3 Å². The first kappa shape index (κ1) is 16.3. The summed E-state index contributed by atoms with van der Waals surface area (Å²) in [7, 11) is 0. The number of hydrogen-bond donors (Lipinski definition) is 1. The molecule has 2 aliphatic heterocycles. The predicted octanol–water partition coefficient (Wildman–Crippen LogP) is 2.09. The molecule has 0 aromatic heterocycles. The van der Waals surface area contributed by atoms with Gasteiger partial charge in [-0.1, -0.05) is 39.8 Å². The van der Waals surface area contributed by atoms with E-state index in [0.717, 1.165) is 10.0 Å². The van der Waals surface area contributed by atoms with Crippen molar-refractivity contribution in [1.82, 2.24) is 10.3 Å². The van der Waals surface area contributed by atoms with Gasteiger partial charge in [-0.3, -0.25) is 15.1 Å². The molecule has 1 atom stereocenters. The van der Waals surface area contributed by atoms with E-state index in [4.69, 9.17) is 4.99 Å². The number of rotatable bonds is 1. The number of carbonyl (C=O) groups is 1. The van der Waals surface area contributed by atoms with Gasteiger partial charge in [-0.25, -0.2) is 9.40 Å². The SMILES string of the molecule is CSC1=NN2C(=c3cc(Br)ccc3=NC2c2ccc(F)cc2)C(=O)N1. The van der Waals surface area contributed by atoms with E-state index in [0.29, 0.717) is 21.4 Å². The van der Waals surface area contributed by atoms with Crippen molar-refractivity contribution < 1.29 is 9.18 Å². The van der Waals surface area contributed by atoms with Crippen molar-refractivity contribution in [3.05, 3.63) is 68.9 Å². The van der Waals surface area contributed by atoms with Crippen LogP contribution in [0.3, 0.4) is 0 Å². The molecule has 126 valence electrons. The van der Waals surface area contributed by atoms with Crippen LogP contribution in [0.15, 0.2) is 57.0 Å². The minimum Gasteiger partial charge on any atom is -0.298 e. The highest BCUT2D eigenvalue weighted by Gasteiger charge is 2.34. The maximum atomic E-state index is 13.3. The van der Waals surface area contributed by atoms with E-state index in [1.165, 1.54) is 23.9 Å². The molecule has 1 amide bonds. The molecule has 0 fully saturated rings. The van der Waals surface area contributed by atoms with Crippen LogP contribution in [0.1, 0.15) is 11.7 Å². The number of benzene rings is 2. The van der Waals surface area contributed by atoms with Gasteiger partial charge in [0, 0.05) is 9.69 Å². The molecule has 0 aliphatic carbocycles. The Balaban J connectivity index is 1.99. The predicted molar refractivity (Wildman–Crippen MR) is 98.4 cm³/mol. The minimum atomic E-state index is -0.530. The third-order valence-corrected chi connectivity index (χ3v) is 5.00. The highest BCUT2D eigenvalue weighted by atomic mass is 79.9. The number of halogens is 2. The Bertz CT molecular complexity index is 1020. The number of nitrogens with one attached hydrogen (secondary N) is 1. The lowest BCUT2D eigenvalue weighted by molar-refractivity contribution is -0.116. The highest BCUT2D eigenvalue weighted by Crippen LogP contribution is 2.30. The number of hydrazone groups is 1. The number of nitrogens with zero attached hydrogens (tertiary/aromatic N) is 3. The molecule has 0 saturated carbocycles. The summed E-state index contributed by atoms with van der Waals surface area (Å²) in [6, 6.07) is 11.6. The van der Waals surface area contributed by atoms with Gasteiger partial charge in [0.25, 0.3) is 5.91 Å². The van der Waals surface area contributed by atoms with Crippen LogP contribution in [0.5, 0.6) is 0 Å². The lowest BCUT2D eigenvalue weighted by Crippen LogP contribution is -2.50. The average molecular weight is 419 g/mol. The van der Waals surface area contributed by atoms with Gasteiger partial charge in [0.1, 0.15) is 11.5 Å². The summed E-state index contributed by atoms with van der Waals surface area (Å²) in [6.45, 7) is 0. The summed E-state index contributed by atoms with van der Waals surface area (Å²) < 4.78 is 14.1. The Kier molecular flexibility index (Phi) is 4.09. The number of amidine groups is 1. The van der Waals surface area contributed by atoms with Crippen molar-refractivity contribution in [2.45, 2.75) is 6.17 Å². The normalized spacial score (nSPS) is 18.8. The largest absolute Gasteiger partial charge is 0.298 e. The fourth-order valence-corrected chi connectivity index (χ4v) is 3.52. The molecule has 2 heterocycles. The van der Waals surface area contributed by atoms with E-state index in [9.17, 15) is 9.18 Å². The molecule has 0 bridgehead atoms. The number of fused-ring (bicyclic) bond motifs is 2. The van der Waals surface area contributed by atoms with Crippen LogP contribution < -0.4 is 15.9 Å². The van der Waals surface area contributed by atoms with Gasteiger partial charge in [0.2, 0.25) is 0 Å². The Morgan fingerprint density at radius 1 is 1.24 bits per heavy atom. The molecule has 8 heteroatoms. The molecule has 0 spiro atoms. The smallest absolute Gasteiger partial charge is 0.276 e. The first-order valence-corrected chi connectivity index (χ1v) is 9.45. The monoisotopic (exact) mass is 418 g/mol. The maximum absolute atomic E-state index is 13.3. The number of thioether (sulfide) groups is 1. The zero-order chi connectivity index (χ0) is 17.6. The van der Waals surface area contributed by atoms with Gasteiger partial charge < -0.3 is 0 Å². The lowest BCUT2D eigenvalue weighted by Gasteiger charge is -2.33. The zero-order valence-electron chi connectivity index (χ0n) is 13.0. The maximum Gasteiger partial charge on any atom is 0.276 e. The second-order valence-corrected chi connectivity index (χ2v) is 7.18. The molecule has 1 unspecified atom stereocenters. The van der Waals surface area contributed by atoms with Gasteiger partial charge in [-0.05, 0) is 42.2 Å². The van der Waals surface area contributed by atoms with E-state index in [1.807, 2.05) is 24.5 Å². The Hall–Kier alpha value is -2.19. The van der Waals surface area contributed by atoms with Crippen molar-refractivity contribution >= 4 is 44.5 Å². The topological polar surface area (TPSA) is 57.1 Å². The van der Waals surface area contributed by atoms with Crippen molar-refractivity contribution in [2.24, 2.45) is 10.1 Å². The first-order chi connectivity index (χ1) is 12.1. The fourth-order valence-electron chi connectivity index (χ4n) is 2.80. The number of carbonyl (C=O) groups excluding carboxylic acids is 1. The van der Waals surface area contributed by atoms with E-state index in [-0.39, 0.29) is 11.7 Å². The molecule has 25 heavy (non-hydrogen) atoms. The second-order valence-electron chi connectivity index (χ2n) is 5.47. The molecule has 0 saturated heterocycles. The van der Waals surface area contributed by atoms with Crippen molar-refractivity contribution in [3.63, 3.8) is 0 Å². The Morgan fingerprint density at radius 3 is 2.72 bits per heavy atom. The standard InChI is InChI=1S/C17H12BrFN4OS/c1-25-17-21-16(24)14-12-8-10(18)4-7-13(12)20-15(23(14)22-17)9-2-5-11(19)6-3-9/h2-8,15H,1H3,(H,21,22,24). The summed E-state index contributed by atoms with van der Waals surface area (Å²) in [5, 5.41) is 10.8. The third-order valence-electron chi connectivity index (χ3n) is 3.93. The molecule has 2 aliphatic rings. The van der Waals surface area contributed by atoms with Crippen LogP contribution in [0.4, 0.5) is 4.39 Å². The summed E-state index contributed by atoms with van der Waals surface area (Å²) in [4.78, 5) is 17.4. The van der Waals surface area contributed by atoms with Gasteiger partial charge in [0.05, 0.1) is 5.36 Å². The lowest BCUT2D eigenvalue weighted by atomic mass is 10.1. The molecular weight excluding hydrogens is 407 g/mol. The van der Waals surface area contributed by atoms with Crippen LogP contribution in [0.2, 0.25) is 0 Å². The number of hydrogen-bond acceptors (Lipinski definition) is 5. The average Bonchev–Trinajstić information content (AvgIpc) is 2.61. The van der Waals surface area contributed by atoms with Gasteiger partial charge in [-0.15, -0.1) is 5.10 Å². The second kappa shape index (κ2) is 6.27. The van der Waals surface area contributed by atoms with Crippen LogP contribution >= 0.6 is 27.7 Å². The fraction of sp³-hybridized carbons (Fsp3) is 0.118. The quantitative estimate of drug-likeness (QED) is 0.771. The summed E-state index contributed by atoms with van der Waals surface area (Å²) in [5.41, 5.74) is 1.18. The van der Waals surface area contributed by atoms with E-state index in [2.05, 4.69) is 26.3 Å². The highest BCUT2D eigenvalue weighted by molar-refractivity contribution is 9.10. The van der Waals surface area contributed by atoms with E-state index >= 15 is 0 Å². The summed E-state index contributed by atoms with van der Waals surface area (Å²) in [6.07, 6.45) is 1.31. The Morgan fingerprint density at radius 2 is 2.00 bits per heavy atom. The van der Waals surface area contributed by atoms with E-state index < -0.39 is 6.17 Å². The first-order valence-electron chi connectivity index (χ1n) is 7.43. The Labute approximate surface area is 155 Å². The van der Waals surface area contributed by atoms with Crippen LogP contribution in [-0.4, -0.2) is 22.3 Å². The zero-order valence-corrected chi connectivity index (χ0v) is 15.4. The van der Waals surface area contributed by atoms with Crippen molar-refractivity contribution in [3.8, 4) is 0 Å². The molecular formula is C17H12BrFN4OS. The molecule has 0 radical (unpaired) electrons. The summed E-state index contributed by atoms with van der Waals surface area (Å²) in [5.74, 6) is -0.557. The van der Waals surface area contributed by atoms with Crippen LogP contribution in [-0.2, 0) is 4.79 Å². The van der Waals surface area contributed by atoms with Crippen LogP contribution in [0, 0.1) is 5.82 Å². The molecule has 5 nitrogen and oxygen atoms in total. The molecule has 2 aromatic carbocycles. The van der Waals surface area contributed by atoms with Crippen LogP contribution in [0.25, 0.3) is 5.70 Å². The van der Waals surface area contributed by atoms with E-state index in [1.54, 1.807) is 17.1 Å². The number of amides is 1. The summed E-state index contributed by atoms with van der Waals surface area (Å²) >= 11 is 4.78.